The Hall–Kier alpha value is -0.160. The topological polar surface area (TPSA) is 24.9 Å². The fraction of sp³-hybridized carbons (Fsp3) is 1.00. The first-order chi connectivity index (χ1) is 8.99. The Balaban J connectivity index is 4.12. The molecule has 0 spiro atoms. The van der Waals surface area contributed by atoms with Gasteiger partial charge in [-0.05, 0) is 33.9 Å². The third-order valence-corrected chi connectivity index (χ3v) is 2.87. The summed E-state index contributed by atoms with van der Waals surface area (Å²) in [5.74, 6) is 0.694. The lowest BCUT2D eigenvalue weighted by molar-refractivity contribution is -0.141. The van der Waals surface area contributed by atoms with Gasteiger partial charge in [0, 0.05) is 45.8 Å². The highest BCUT2D eigenvalue weighted by molar-refractivity contribution is 4.63. The van der Waals surface area contributed by atoms with Crippen molar-refractivity contribution in [2.24, 2.45) is 5.92 Å². The van der Waals surface area contributed by atoms with E-state index in [0.717, 1.165) is 32.6 Å². The maximum absolute atomic E-state index is 5.60. The molecule has 0 fully saturated rings. The maximum Gasteiger partial charge on any atom is 0.158 e. The quantitative estimate of drug-likeness (QED) is 0.510. The molecule has 0 saturated heterocycles. The van der Waals surface area contributed by atoms with Crippen LogP contribution in [0.25, 0.3) is 0 Å². The smallest absolute Gasteiger partial charge is 0.158 e. The van der Waals surface area contributed by atoms with Crippen LogP contribution in [0.4, 0.5) is 0 Å². The Morgan fingerprint density at radius 1 is 0.895 bits per heavy atom. The third kappa shape index (κ3) is 11.4. The molecule has 4 heteroatoms. The van der Waals surface area contributed by atoms with Gasteiger partial charge < -0.3 is 19.3 Å². The average molecular weight is 274 g/mol. The Bertz CT molecular complexity index is 193. The van der Waals surface area contributed by atoms with Crippen LogP contribution in [0.1, 0.15) is 34.1 Å². The maximum atomic E-state index is 5.60. The van der Waals surface area contributed by atoms with Crippen molar-refractivity contribution in [3.8, 4) is 0 Å². The molecule has 0 rings (SSSR count). The molecular weight excluding hydrogens is 240 g/mol. The molecule has 0 aliphatic carbocycles. The molecular formula is C15H34N2O2. The minimum absolute atomic E-state index is 0.0518. The van der Waals surface area contributed by atoms with Crippen molar-refractivity contribution in [3.05, 3.63) is 0 Å². The Morgan fingerprint density at radius 2 is 1.47 bits per heavy atom. The summed E-state index contributed by atoms with van der Waals surface area (Å²) in [6.07, 6.45) is 0.894. The molecule has 0 aromatic carbocycles. The zero-order valence-corrected chi connectivity index (χ0v) is 13.8. The van der Waals surface area contributed by atoms with Crippen LogP contribution in [-0.2, 0) is 9.47 Å². The van der Waals surface area contributed by atoms with Gasteiger partial charge in [0.2, 0.25) is 0 Å². The fourth-order valence-electron chi connectivity index (χ4n) is 2.03. The summed E-state index contributed by atoms with van der Waals surface area (Å²) in [5.41, 5.74) is 0. The Morgan fingerprint density at radius 3 is 1.89 bits per heavy atom. The molecule has 0 aromatic rings. The van der Waals surface area contributed by atoms with E-state index in [0.29, 0.717) is 19.1 Å². The molecule has 0 N–H and O–H groups in total. The molecule has 0 radical (unpaired) electrons. The molecule has 0 amide bonds. The molecule has 0 bridgehead atoms. The first-order valence-corrected chi connectivity index (χ1v) is 7.59. The molecule has 0 aromatic heterocycles. The lowest BCUT2D eigenvalue weighted by Gasteiger charge is -2.27. The van der Waals surface area contributed by atoms with Crippen molar-refractivity contribution in [2.45, 2.75) is 40.4 Å². The highest BCUT2D eigenvalue weighted by Crippen LogP contribution is 2.06. The molecule has 0 atom stereocenters. The number of hydrogen-bond acceptors (Lipinski definition) is 4. The van der Waals surface area contributed by atoms with E-state index >= 15 is 0 Å². The van der Waals surface area contributed by atoms with Gasteiger partial charge in [0.1, 0.15) is 0 Å². The van der Waals surface area contributed by atoms with Crippen molar-refractivity contribution in [3.63, 3.8) is 0 Å². The van der Waals surface area contributed by atoms with Gasteiger partial charge in [-0.2, -0.15) is 0 Å². The second-order valence-corrected chi connectivity index (χ2v) is 5.63. The van der Waals surface area contributed by atoms with E-state index in [9.17, 15) is 0 Å². The van der Waals surface area contributed by atoms with Gasteiger partial charge in [0.25, 0.3) is 0 Å². The van der Waals surface area contributed by atoms with Crippen LogP contribution in [0, 0.1) is 5.92 Å². The number of likely N-dealkylation sites (N-methyl/N-ethyl adjacent to an activating group) is 1. The summed E-state index contributed by atoms with van der Waals surface area (Å²) in [6, 6.07) is 0. The second-order valence-electron chi connectivity index (χ2n) is 5.63. The standard InChI is InChI=1S/C15H34N2O2/c1-7-18-15(19-8-2)9-10-17(13-14(3)4)12-11-16(5)6/h14-15H,7-13H2,1-6H3. The highest BCUT2D eigenvalue weighted by atomic mass is 16.7. The predicted octanol–water partition coefficient (Wildman–Crippen LogP) is 2.30. The molecule has 0 heterocycles. The van der Waals surface area contributed by atoms with Crippen molar-refractivity contribution in [2.75, 3.05) is 53.5 Å². The first-order valence-electron chi connectivity index (χ1n) is 7.59. The predicted molar refractivity (Wildman–Crippen MR) is 81.5 cm³/mol. The number of nitrogens with zero attached hydrogens (tertiary/aromatic N) is 2. The summed E-state index contributed by atoms with van der Waals surface area (Å²) < 4.78 is 11.2. The fourth-order valence-corrected chi connectivity index (χ4v) is 2.03. The number of hydrogen-bond donors (Lipinski definition) is 0. The summed E-state index contributed by atoms with van der Waals surface area (Å²) >= 11 is 0. The molecule has 19 heavy (non-hydrogen) atoms. The van der Waals surface area contributed by atoms with Gasteiger partial charge >= 0.3 is 0 Å². The lowest BCUT2D eigenvalue weighted by atomic mass is 10.2. The molecule has 116 valence electrons. The van der Waals surface area contributed by atoms with E-state index in [1.807, 2.05) is 13.8 Å². The van der Waals surface area contributed by atoms with E-state index in [4.69, 9.17) is 9.47 Å². The Kier molecular flexibility index (Phi) is 11.6. The minimum Gasteiger partial charge on any atom is -0.353 e. The first kappa shape index (κ1) is 18.8. The van der Waals surface area contributed by atoms with Crippen LogP contribution in [-0.4, -0.2) is 69.6 Å². The van der Waals surface area contributed by atoms with E-state index in [1.165, 1.54) is 0 Å². The number of ether oxygens (including phenoxy) is 2. The van der Waals surface area contributed by atoms with Crippen molar-refractivity contribution in [1.29, 1.82) is 0 Å². The monoisotopic (exact) mass is 274 g/mol. The lowest BCUT2D eigenvalue weighted by Crippen LogP contribution is -2.36. The van der Waals surface area contributed by atoms with Crippen LogP contribution in [0.2, 0.25) is 0 Å². The Labute approximate surface area is 120 Å². The SMILES string of the molecule is CCOC(CCN(CCN(C)C)CC(C)C)OCC. The molecule has 0 aliphatic rings. The number of rotatable bonds is 12. The van der Waals surface area contributed by atoms with E-state index in [-0.39, 0.29) is 6.29 Å². The van der Waals surface area contributed by atoms with Gasteiger partial charge in [-0.1, -0.05) is 13.8 Å². The van der Waals surface area contributed by atoms with E-state index in [1.54, 1.807) is 0 Å². The minimum atomic E-state index is -0.0518. The summed E-state index contributed by atoms with van der Waals surface area (Å²) in [6.45, 7) is 14.4. The molecule has 0 saturated carbocycles. The second kappa shape index (κ2) is 11.6. The third-order valence-electron chi connectivity index (χ3n) is 2.87. The largest absolute Gasteiger partial charge is 0.353 e. The summed E-state index contributed by atoms with van der Waals surface area (Å²) in [4.78, 5) is 4.74. The summed E-state index contributed by atoms with van der Waals surface area (Å²) in [5, 5.41) is 0. The van der Waals surface area contributed by atoms with E-state index < -0.39 is 0 Å². The zero-order valence-electron chi connectivity index (χ0n) is 13.8. The van der Waals surface area contributed by atoms with E-state index in [2.05, 4.69) is 37.7 Å². The van der Waals surface area contributed by atoms with Gasteiger partial charge in [0.15, 0.2) is 6.29 Å². The molecule has 0 unspecified atom stereocenters. The average Bonchev–Trinajstić information content (AvgIpc) is 2.32. The van der Waals surface area contributed by atoms with Crippen molar-refractivity contribution < 1.29 is 9.47 Å². The van der Waals surface area contributed by atoms with Gasteiger partial charge in [-0.3, -0.25) is 0 Å². The van der Waals surface area contributed by atoms with Crippen LogP contribution in [0.5, 0.6) is 0 Å². The normalized spacial score (nSPS) is 12.3. The van der Waals surface area contributed by atoms with Crippen LogP contribution >= 0.6 is 0 Å². The van der Waals surface area contributed by atoms with Gasteiger partial charge in [-0.15, -0.1) is 0 Å². The van der Waals surface area contributed by atoms with Crippen LogP contribution in [0.3, 0.4) is 0 Å². The van der Waals surface area contributed by atoms with Crippen molar-refractivity contribution >= 4 is 0 Å². The van der Waals surface area contributed by atoms with Gasteiger partial charge in [-0.25, -0.2) is 0 Å². The highest BCUT2D eigenvalue weighted by Gasteiger charge is 2.13. The van der Waals surface area contributed by atoms with Crippen molar-refractivity contribution in [1.82, 2.24) is 9.80 Å². The molecule has 4 nitrogen and oxygen atoms in total. The van der Waals surface area contributed by atoms with Gasteiger partial charge in [0.05, 0.1) is 0 Å². The summed E-state index contributed by atoms with van der Waals surface area (Å²) in [7, 11) is 4.24. The molecule has 0 aliphatic heterocycles. The van der Waals surface area contributed by atoms with Crippen LogP contribution < -0.4 is 0 Å². The zero-order chi connectivity index (χ0) is 14.7. The van der Waals surface area contributed by atoms with Crippen LogP contribution in [0.15, 0.2) is 0 Å².